The Bertz CT molecular complexity index is 491. The van der Waals surface area contributed by atoms with Crippen LogP contribution in [-0.2, 0) is 6.42 Å². The first-order valence-corrected chi connectivity index (χ1v) is 5.11. The van der Waals surface area contributed by atoms with Crippen LogP contribution in [0.4, 0.5) is 11.4 Å². The molecule has 3 N–H and O–H groups in total. The lowest BCUT2D eigenvalue weighted by molar-refractivity contribution is 1.06. The summed E-state index contributed by atoms with van der Waals surface area (Å²) in [7, 11) is 1.91. The molecule has 0 aliphatic carbocycles. The molecule has 78 valence electrons. The molecule has 0 bridgehead atoms. The highest BCUT2D eigenvalue weighted by molar-refractivity contribution is 5.93. The number of rotatable bonds is 2. The van der Waals surface area contributed by atoms with Gasteiger partial charge in [0.25, 0.3) is 0 Å². The molecule has 3 heteroatoms. The molecule has 3 nitrogen and oxygen atoms in total. The maximum absolute atomic E-state index is 5.76. The molecule has 0 saturated heterocycles. The summed E-state index contributed by atoms with van der Waals surface area (Å²) in [6, 6.07) is 7.87. The van der Waals surface area contributed by atoms with Gasteiger partial charge in [0.15, 0.2) is 0 Å². The minimum absolute atomic E-state index is 0.769. The fourth-order valence-corrected chi connectivity index (χ4v) is 1.69. The van der Waals surface area contributed by atoms with E-state index in [2.05, 4.69) is 23.3 Å². The van der Waals surface area contributed by atoms with Crippen LogP contribution in [0.1, 0.15) is 12.6 Å². The summed E-state index contributed by atoms with van der Waals surface area (Å²) in [5.41, 5.74) is 9.71. The Balaban J connectivity index is 2.75. The second-order valence-corrected chi connectivity index (χ2v) is 3.54. The third kappa shape index (κ3) is 1.73. The van der Waals surface area contributed by atoms with Crippen LogP contribution in [0.2, 0.25) is 0 Å². The first-order chi connectivity index (χ1) is 7.24. The summed E-state index contributed by atoms with van der Waals surface area (Å²) < 4.78 is 0. The van der Waals surface area contributed by atoms with Crippen molar-refractivity contribution in [2.75, 3.05) is 18.1 Å². The van der Waals surface area contributed by atoms with Crippen molar-refractivity contribution in [3.05, 3.63) is 30.0 Å². The minimum atomic E-state index is 0.769. The lowest BCUT2D eigenvalue weighted by atomic mass is 10.1. The fourth-order valence-electron chi connectivity index (χ4n) is 1.69. The molecule has 0 amide bonds. The summed E-state index contributed by atoms with van der Waals surface area (Å²) in [6.07, 6.45) is 0.939. The van der Waals surface area contributed by atoms with E-state index in [0.29, 0.717) is 0 Å². The maximum atomic E-state index is 5.76. The van der Waals surface area contributed by atoms with Gasteiger partial charge < -0.3 is 11.1 Å². The first-order valence-electron chi connectivity index (χ1n) is 5.11. The molecular formula is C12H15N3. The molecule has 2 aromatic rings. The second kappa shape index (κ2) is 3.77. The number of benzene rings is 1. The van der Waals surface area contributed by atoms with Crippen LogP contribution in [0.5, 0.6) is 0 Å². The van der Waals surface area contributed by atoms with Gasteiger partial charge in [-0.3, -0.25) is 4.98 Å². The molecule has 0 aliphatic rings. The molecule has 0 fully saturated rings. The summed E-state index contributed by atoms with van der Waals surface area (Å²) in [5, 5.41) is 4.25. The zero-order chi connectivity index (χ0) is 10.8. The molecule has 1 aromatic carbocycles. The van der Waals surface area contributed by atoms with E-state index in [4.69, 9.17) is 5.73 Å². The third-order valence-corrected chi connectivity index (χ3v) is 2.52. The Morgan fingerprint density at radius 2 is 2.13 bits per heavy atom. The van der Waals surface area contributed by atoms with Crippen molar-refractivity contribution in [2.24, 2.45) is 0 Å². The maximum Gasteiger partial charge on any atom is 0.0727 e. The molecule has 0 unspecified atom stereocenters. The van der Waals surface area contributed by atoms with Gasteiger partial charge in [-0.1, -0.05) is 6.92 Å². The monoisotopic (exact) mass is 201 g/mol. The Kier molecular flexibility index (Phi) is 2.46. The first kappa shape index (κ1) is 9.77. The molecule has 2 rings (SSSR count). The highest BCUT2D eigenvalue weighted by Crippen LogP contribution is 2.25. The molecule has 1 heterocycles. The predicted molar refractivity (Wildman–Crippen MR) is 65.1 cm³/mol. The van der Waals surface area contributed by atoms with E-state index >= 15 is 0 Å². The zero-order valence-corrected chi connectivity index (χ0v) is 9.04. The number of aryl methyl sites for hydroxylation is 1. The largest absolute Gasteiger partial charge is 0.399 e. The van der Waals surface area contributed by atoms with Crippen molar-refractivity contribution in [2.45, 2.75) is 13.3 Å². The number of hydrogen-bond acceptors (Lipinski definition) is 3. The van der Waals surface area contributed by atoms with Crippen LogP contribution in [-0.4, -0.2) is 12.0 Å². The smallest absolute Gasteiger partial charge is 0.0727 e. The molecule has 15 heavy (non-hydrogen) atoms. The van der Waals surface area contributed by atoms with Crippen LogP contribution in [0.25, 0.3) is 10.9 Å². The molecule has 0 spiro atoms. The number of pyridine rings is 1. The van der Waals surface area contributed by atoms with E-state index < -0.39 is 0 Å². The number of hydrogen-bond donors (Lipinski definition) is 2. The van der Waals surface area contributed by atoms with Crippen molar-refractivity contribution in [3.8, 4) is 0 Å². The van der Waals surface area contributed by atoms with E-state index in [1.54, 1.807) is 0 Å². The number of aromatic nitrogens is 1. The number of nitrogens with zero attached hydrogens (tertiary/aromatic N) is 1. The van der Waals surface area contributed by atoms with Crippen LogP contribution in [0.3, 0.4) is 0 Å². The number of anilines is 2. The molecule has 0 saturated carbocycles. The van der Waals surface area contributed by atoms with Crippen LogP contribution >= 0.6 is 0 Å². The quantitative estimate of drug-likeness (QED) is 0.734. The average molecular weight is 201 g/mol. The highest BCUT2D eigenvalue weighted by atomic mass is 14.8. The van der Waals surface area contributed by atoms with E-state index in [9.17, 15) is 0 Å². The van der Waals surface area contributed by atoms with Gasteiger partial charge in [-0.05, 0) is 30.7 Å². The topological polar surface area (TPSA) is 50.9 Å². The van der Waals surface area contributed by atoms with E-state index in [-0.39, 0.29) is 0 Å². The lowest BCUT2D eigenvalue weighted by Gasteiger charge is -2.08. The SMILES string of the molecule is CCc1cc(NC)c2cc(N)ccc2n1. The van der Waals surface area contributed by atoms with Crippen molar-refractivity contribution in [1.29, 1.82) is 0 Å². The van der Waals surface area contributed by atoms with Crippen LogP contribution in [0, 0.1) is 0 Å². The van der Waals surface area contributed by atoms with Gasteiger partial charge in [0, 0.05) is 29.5 Å². The number of nitrogens with one attached hydrogen (secondary N) is 1. The van der Waals surface area contributed by atoms with Gasteiger partial charge in [0.1, 0.15) is 0 Å². The van der Waals surface area contributed by atoms with Crippen molar-refractivity contribution in [3.63, 3.8) is 0 Å². The van der Waals surface area contributed by atoms with Crippen molar-refractivity contribution in [1.82, 2.24) is 4.98 Å². The minimum Gasteiger partial charge on any atom is -0.399 e. The average Bonchev–Trinajstić information content (AvgIpc) is 2.27. The van der Waals surface area contributed by atoms with E-state index in [1.165, 1.54) is 0 Å². The van der Waals surface area contributed by atoms with Crippen LogP contribution in [0.15, 0.2) is 24.3 Å². The van der Waals surface area contributed by atoms with E-state index in [1.807, 2.05) is 25.2 Å². The van der Waals surface area contributed by atoms with E-state index in [0.717, 1.165) is 34.4 Å². The molecule has 0 atom stereocenters. The predicted octanol–water partition coefficient (Wildman–Crippen LogP) is 2.42. The Labute approximate surface area is 89.3 Å². The van der Waals surface area contributed by atoms with Gasteiger partial charge in [-0.25, -0.2) is 0 Å². The lowest BCUT2D eigenvalue weighted by Crippen LogP contribution is -1.96. The molecule has 0 radical (unpaired) electrons. The number of fused-ring (bicyclic) bond motifs is 1. The summed E-state index contributed by atoms with van der Waals surface area (Å²) in [5.74, 6) is 0. The summed E-state index contributed by atoms with van der Waals surface area (Å²) in [4.78, 5) is 4.55. The fraction of sp³-hybridized carbons (Fsp3) is 0.250. The standard InChI is InChI=1S/C12H15N3/c1-3-9-7-12(14-2)10-6-8(13)4-5-11(10)15-9/h4-7H,3,13H2,1-2H3,(H,14,15). The third-order valence-electron chi connectivity index (χ3n) is 2.52. The molecular weight excluding hydrogens is 186 g/mol. The van der Waals surface area contributed by atoms with Gasteiger partial charge in [0.2, 0.25) is 0 Å². The normalized spacial score (nSPS) is 10.5. The zero-order valence-electron chi connectivity index (χ0n) is 9.04. The van der Waals surface area contributed by atoms with Gasteiger partial charge in [0.05, 0.1) is 5.52 Å². The summed E-state index contributed by atoms with van der Waals surface area (Å²) in [6.45, 7) is 2.10. The summed E-state index contributed by atoms with van der Waals surface area (Å²) >= 11 is 0. The van der Waals surface area contributed by atoms with Gasteiger partial charge in [-0.2, -0.15) is 0 Å². The van der Waals surface area contributed by atoms with Gasteiger partial charge in [-0.15, -0.1) is 0 Å². The van der Waals surface area contributed by atoms with Crippen molar-refractivity contribution >= 4 is 22.3 Å². The van der Waals surface area contributed by atoms with Crippen LogP contribution < -0.4 is 11.1 Å². The second-order valence-electron chi connectivity index (χ2n) is 3.54. The van der Waals surface area contributed by atoms with Gasteiger partial charge >= 0.3 is 0 Å². The Hall–Kier alpha value is -1.77. The molecule has 0 aliphatic heterocycles. The van der Waals surface area contributed by atoms with Crippen molar-refractivity contribution < 1.29 is 0 Å². The highest BCUT2D eigenvalue weighted by Gasteiger charge is 2.03. The molecule has 1 aromatic heterocycles. The Morgan fingerprint density at radius 1 is 1.33 bits per heavy atom. The number of nitrogens with two attached hydrogens (primary N) is 1. The Morgan fingerprint density at radius 3 is 2.80 bits per heavy atom. The number of nitrogen functional groups attached to an aromatic ring is 1.